The maximum atomic E-state index is 11.6. The van der Waals surface area contributed by atoms with Gasteiger partial charge >= 0.3 is 0 Å². The quantitative estimate of drug-likeness (QED) is 0.729. The summed E-state index contributed by atoms with van der Waals surface area (Å²) in [5, 5.41) is 0. The first kappa shape index (κ1) is 14.0. The van der Waals surface area contributed by atoms with E-state index in [0.29, 0.717) is 11.5 Å². The van der Waals surface area contributed by atoms with Gasteiger partial charge in [-0.2, -0.15) is 0 Å². The van der Waals surface area contributed by atoms with Crippen LogP contribution < -0.4 is 0 Å². The minimum absolute atomic E-state index is 0.360. The molecule has 0 bridgehead atoms. The van der Waals surface area contributed by atoms with E-state index in [9.17, 15) is 4.21 Å². The monoisotopic (exact) mass is 245 g/mol. The highest BCUT2D eigenvalue weighted by Gasteiger charge is 2.25. The van der Waals surface area contributed by atoms with Crippen molar-refractivity contribution in [2.45, 2.75) is 58.9 Å². The van der Waals surface area contributed by atoms with Crippen LogP contribution in [0.2, 0.25) is 0 Å². The van der Waals surface area contributed by atoms with Crippen molar-refractivity contribution in [3.05, 3.63) is 0 Å². The Morgan fingerprint density at radius 3 is 2.00 bits per heavy atom. The van der Waals surface area contributed by atoms with Crippen LogP contribution in [0.5, 0.6) is 0 Å². The first-order valence-corrected chi connectivity index (χ1v) is 8.65. The maximum absolute atomic E-state index is 11.6. The number of hydrogen-bond acceptors (Lipinski definition) is 2. The fourth-order valence-electron chi connectivity index (χ4n) is 2.68. The fraction of sp³-hybridized carbons (Fsp3) is 1.00. The Morgan fingerprint density at radius 2 is 1.62 bits per heavy atom. The zero-order valence-corrected chi connectivity index (χ0v) is 12.3. The van der Waals surface area contributed by atoms with Crippen LogP contribution in [0, 0.1) is 11.3 Å². The molecule has 0 aromatic rings. The van der Waals surface area contributed by atoms with Crippen LogP contribution in [0.4, 0.5) is 0 Å². The summed E-state index contributed by atoms with van der Waals surface area (Å²) >= 11 is 0. The molecule has 0 aromatic heterocycles. The van der Waals surface area contributed by atoms with E-state index in [0.717, 1.165) is 18.8 Å². The molecule has 0 unspecified atom stereocenters. The highest BCUT2D eigenvalue weighted by atomic mass is 32.2. The normalized spacial score (nSPS) is 27.8. The molecule has 0 aliphatic heterocycles. The molecule has 1 aliphatic carbocycles. The van der Waals surface area contributed by atoms with E-state index < -0.39 is 9.73 Å². The van der Waals surface area contributed by atoms with Gasteiger partial charge in [0.05, 0.1) is 6.04 Å². The summed E-state index contributed by atoms with van der Waals surface area (Å²) in [5.74, 6) is 0.858. The Morgan fingerprint density at radius 1 is 1.12 bits per heavy atom. The topological polar surface area (TPSA) is 29.4 Å². The van der Waals surface area contributed by atoms with Crippen LogP contribution in [0.1, 0.15) is 52.9 Å². The molecule has 96 valence electrons. The molecule has 0 atom stereocenters. The molecule has 0 N–H and O–H groups in total. The SMILES string of the molecule is CC(C)(C)CC1CCC(N=S(C)(C)=O)CC1. The zero-order valence-electron chi connectivity index (χ0n) is 11.5. The first-order chi connectivity index (χ1) is 7.16. The highest BCUT2D eigenvalue weighted by Crippen LogP contribution is 2.35. The third-order valence-corrected chi connectivity index (χ3v) is 3.93. The van der Waals surface area contributed by atoms with Gasteiger partial charge in [0.1, 0.15) is 0 Å². The van der Waals surface area contributed by atoms with E-state index in [2.05, 4.69) is 25.1 Å². The lowest BCUT2D eigenvalue weighted by molar-refractivity contribution is 0.229. The van der Waals surface area contributed by atoms with Crippen molar-refractivity contribution < 1.29 is 4.21 Å². The van der Waals surface area contributed by atoms with E-state index in [1.165, 1.54) is 19.3 Å². The second-order valence-electron chi connectivity index (χ2n) is 6.73. The van der Waals surface area contributed by atoms with Gasteiger partial charge in [0.15, 0.2) is 0 Å². The van der Waals surface area contributed by atoms with Crippen molar-refractivity contribution in [1.82, 2.24) is 0 Å². The zero-order chi connectivity index (χ0) is 12.4. The lowest BCUT2D eigenvalue weighted by Gasteiger charge is -2.31. The van der Waals surface area contributed by atoms with E-state index >= 15 is 0 Å². The fourth-order valence-corrected chi connectivity index (χ4v) is 3.61. The number of nitrogens with zero attached hydrogens (tertiary/aromatic N) is 1. The van der Waals surface area contributed by atoms with Crippen LogP contribution in [0.25, 0.3) is 0 Å². The second kappa shape index (κ2) is 5.07. The molecule has 0 heterocycles. The summed E-state index contributed by atoms with van der Waals surface area (Å²) in [6.45, 7) is 6.94. The van der Waals surface area contributed by atoms with Crippen molar-refractivity contribution in [1.29, 1.82) is 0 Å². The van der Waals surface area contributed by atoms with Gasteiger partial charge in [-0.1, -0.05) is 20.8 Å². The summed E-state index contributed by atoms with van der Waals surface area (Å²) in [6.07, 6.45) is 9.61. The predicted molar refractivity (Wildman–Crippen MR) is 72.2 cm³/mol. The van der Waals surface area contributed by atoms with Crippen LogP contribution >= 0.6 is 0 Å². The molecule has 0 radical (unpaired) electrons. The van der Waals surface area contributed by atoms with Crippen LogP contribution in [-0.2, 0) is 9.73 Å². The molecule has 0 spiro atoms. The summed E-state index contributed by atoms with van der Waals surface area (Å²) < 4.78 is 16.0. The number of hydrogen-bond donors (Lipinski definition) is 0. The maximum Gasteiger partial charge on any atom is 0.0594 e. The lowest BCUT2D eigenvalue weighted by Crippen LogP contribution is -2.22. The highest BCUT2D eigenvalue weighted by molar-refractivity contribution is 7.92. The molecule has 0 saturated heterocycles. The minimum Gasteiger partial charge on any atom is -0.250 e. The standard InChI is InChI=1S/C13H27NOS/c1-13(2,3)10-11-6-8-12(9-7-11)14-16(4,5)15/h11-12H,6-10H2,1-5H3. The van der Waals surface area contributed by atoms with E-state index in [1.54, 1.807) is 12.5 Å². The lowest BCUT2D eigenvalue weighted by atomic mass is 9.76. The average Bonchev–Trinajstić information content (AvgIpc) is 2.03. The molecule has 1 aliphatic rings. The molecule has 2 nitrogen and oxygen atoms in total. The van der Waals surface area contributed by atoms with E-state index in [-0.39, 0.29) is 0 Å². The molecule has 0 amide bonds. The largest absolute Gasteiger partial charge is 0.250 e. The summed E-state index contributed by atoms with van der Waals surface area (Å²) in [7, 11) is -1.90. The van der Waals surface area contributed by atoms with Crippen molar-refractivity contribution in [3.8, 4) is 0 Å². The van der Waals surface area contributed by atoms with Crippen LogP contribution in [0.15, 0.2) is 4.36 Å². The molecule has 1 saturated carbocycles. The van der Waals surface area contributed by atoms with Gasteiger partial charge in [-0.15, -0.1) is 0 Å². The summed E-state index contributed by atoms with van der Waals surface area (Å²) in [5.41, 5.74) is 0.442. The van der Waals surface area contributed by atoms with Gasteiger partial charge in [0.2, 0.25) is 0 Å². The Labute approximate surface area is 101 Å². The Kier molecular flexibility index (Phi) is 4.44. The predicted octanol–water partition coefficient (Wildman–Crippen LogP) is 3.71. The average molecular weight is 245 g/mol. The first-order valence-electron chi connectivity index (χ1n) is 6.32. The molecule has 3 heteroatoms. The van der Waals surface area contributed by atoms with Gasteiger partial charge in [-0.05, 0) is 43.4 Å². The Balaban J connectivity index is 2.44. The molecule has 1 fully saturated rings. The van der Waals surface area contributed by atoms with Crippen molar-refractivity contribution in [2.75, 3.05) is 12.5 Å². The molecule has 1 rings (SSSR count). The minimum atomic E-state index is -1.90. The third-order valence-electron chi connectivity index (χ3n) is 3.12. The van der Waals surface area contributed by atoms with Crippen molar-refractivity contribution in [3.63, 3.8) is 0 Å². The van der Waals surface area contributed by atoms with Gasteiger partial charge in [-0.3, -0.25) is 4.21 Å². The third kappa shape index (κ3) is 5.88. The second-order valence-corrected chi connectivity index (χ2v) is 9.30. The molecule has 0 aromatic carbocycles. The molecule has 16 heavy (non-hydrogen) atoms. The van der Waals surface area contributed by atoms with Crippen LogP contribution in [-0.4, -0.2) is 22.8 Å². The van der Waals surface area contributed by atoms with E-state index in [1.807, 2.05) is 0 Å². The number of rotatable bonds is 2. The Hall–Kier alpha value is -0.0500. The summed E-state index contributed by atoms with van der Waals surface area (Å²) in [6, 6.07) is 0.360. The van der Waals surface area contributed by atoms with E-state index in [4.69, 9.17) is 0 Å². The van der Waals surface area contributed by atoms with Gasteiger partial charge in [0, 0.05) is 22.2 Å². The van der Waals surface area contributed by atoms with Gasteiger partial charge < -0.3 is 0 Å². The Bertz CT molecular complexity index is 318. The smallest absolute Gasteiger partial charge is 0.0594 e. The van der Waals surface area contributed by atoms with Crippen LogP contribution in [0.3, 0.4) is 0 Å². The van der Waals surface area contributed by atoms with Gasteiger partial charge in [-0.25, -0.2) is 4.36 Å². The molecular weight excluding hydrogens is 218 g/mol. The van der Waals surface area contributed by atoms with Gasteiger partial charge in [0.25, 0.3) is 0 Å². The summed E-state index contributed by atoms with van der Waals surface area (Å²) in [4.78, 5) is 0. The van der Waals surface area contributed by atoms with Crippen molar-refractivity contribution in [2.24, 2.45) is 15.7 Å². The van der Waals surface area contributed by atoms with Crippen molar-refractivity contribution >= 4 is 9.73 Å². The molecular formula is C13H27NOS.